The lowest BCUT2D eigenvalue weighted by molar-refractivity contribution is 0.166. The molecular formula is C24H36N4O2S. The Morgan fingerprint density at radius 2 is 2.23 bits per heavy atom. The predicted octanol–water partition coefficient (Wildman–Crippen LogP) is 4.29. The van der Waals surface area contributed by atoms with Crippen LogP contribution < -0.4 is 15.4 Å². The number of hydrogen-bond acceptors (Lipinski definition) is 5. The summed E-state index contributed by atoms with van der Waals surface area (Å²) in [6.07, 6.45) is 1.96. The lowest BCUT2D eigenvalue weighted by atomic mass is 10.1. The molecule has 2 aromatic rings. The molecule has 0 amide bonds. The van der Waals surface area contributed by atoms with E-state index in [4.69, 9.17) is 19.5 Å². The van der Waals surface area contributed by atoms with Crippen LogP contribution in [0.25, 0.3) is 0 Å². The van der Waals surface area contributed by atoms with Crippen molar-refractivity contribution < 1.29 is 9.47 Å². The quantitative estimate of drug-likeness (QED) is 0.423. The summed E-state index contributed by atoms with van der Waals surface area (Å²) in [6, 6.07) is 6.34. The van der Waals surface area contributed by atoms with Crippen molar-refractivity contribution in [2.45, 2.75) is 53.0 Å². The summed E-state index contributed by atoms with van der Waals surface area (Å²) in [7, 11) is 0. The van der Waals surface area contributed by atoms with Crippen LogP contribution in [0.2, 0.25) is 0 Å². The second-order valence-corrected chi connectivity index (χ2v) is 9.25. The third-order valence-corrected chi connectivity index (χ3v) is 6.40. The maximum Gasteiger partial charge on any atom is 0.191 e. The number of guanidine groups is 1. The van der Waals surface area contributed by atoms with E-state index in [1.54, 1.807) is 11.3 Å². The van der Waals surface area contributed by atoms with Crippen LogP contribution in [-0.2, 0) is 17.7 Å². The highest BCUT2D eigenvalue weighted by Gasteiger charge is 2.17. The molecule has 6 nitrogen and oxygen atoms in total. The molecule has 0 spiro atoms. The summed E-state index contributed by atoms with van der Waals surface area (Å²) < 4.78 is 11.6. The fraction of sp³-hybridized carbons (Fsp3) is 0.583. The Hall–Kier alpha value is -2.12. The van der Waals surface area contributed by atoms with Gasteiger partial charge in [0.05, 0.1) is 30.5 Å². The van der Waals surface area contributed by atoms with E-state index in [1.807, 2.05) is 0 Å². The molecule has 0 bridgehead atoms. The first-order valence-electron chi connectivity index (χ1n) is 11.3. The second kappa shape index (κ2) is 12.1. The van der Waals surface area contributed by atoms with Gasteiger partial charge in [-0.3, -0.25) is 0 Å². The Kier molecular flexibility index (Phi) is 9.15. The van der Waals surface area contributed by atoms with Gasteiger partial charge in [0.25, 0.3) is 0 Å². The molecule has 170 valence electrons. The summed E-state index contributed by atoms with van der Waals surface area (Å²) in [5.74, 6) is 2.71. The summed E-state index contributed by atoms with van der Waals surface area (Å²) in [5.41, 5.74) is 3.43. The molecule has 3 rings (SSSR count). The topological polar surface area (TPSA) is 67.8 Å². The normalized spacial score (nSPS) is 16.7. The first-order valence-corrected chi connectivity index (χ1v) is 12.2. The number of hydrogen-bond donors (Lipinski definition) is 2. The van der Waals surface area contributed by atoms with Crippen LogP contribution in [0.15, 0.2) is 28.6 Å². The van der Waals surface area contributed by atoms with E-state index in [0.717, 1.165) is 62.1 Å². The minimum Gasteiger partial charge on any atom is -0.493 e. The van der Waals surface area contributed by atoms with E-state index in [2.05, 4.69) is 61.9 Å². The number of ether oxygens (including phenoxy) is 2. The van der Waals surface area contributed by atoms with Crippen LogP contribution in [0.1, 0.15) is 54.9 Å². The molecule has 1 atom stereocenters. The van der Waals surface area contributed by atoms with Crippen LogP contribution in [0, 0.1) is 12.8 Å². The molecule has 1 aliphatic heterocycles. The molecule has 1 unspecified atom stereocenters. The summed E-state index contributed by atoms with van der Waals surface area (Å²) >= 11 is 1.74. The summed E-state index contributed by atoms with van der Waals surface area (Å²) in [6.45, 7) is 13.1. The van der Waals surface area contributed by atoms with Gasteiger partial charge in [-0.15, -0.1) is 11.3 Å². The van der Waals surface area contributed by atoms with Crippen LogP contribution >= 0.6 is 11.3 Å². The summed E-state index contributed by atoms with van der Waals surface area (Å²) in [5, 5.41) is 10.1. The average Bonchev–Trinajstić information content (AvgIpc) is 3.43. The first-order chi connectivity index (χ1) is 15.0. The lowest BCUT2D eigenvalue weighted by Crippen LogP contribution is -2.38. The van der Waals surface area contributed by atoms with E-state index in [-0.39, 0.29) is 0 Å². The van der Waals surface area contributed by atoms with Crippen molar-refractivity contribution in [2.24, 2.45) is 10.9 Å². The maximum absolute atomic E-state index is 6.16. The van der Waals surface area contributed by atoms with Crippen molar-refractivity contribution in [1.82, 2.24) is 15.6 Å². The highest BCUT2D eigenvalue weighted by Crippen LogP contribution is 2.23. The van der Waals surface area contributed by atoms with Gasteiger partial charge >= 0.3 is 0 Å². The van der Waals surface area contributed by atoms with Gasteiger partial charge in [0, 0.05) is 48.9 Å². The Morgan fingerprint density at radius 3 is 2.94 bits per heavy atom. The van der Waals surface area contributed by atoms with E-state index < -0.39 is 0 Å². The van der Waals surface area contributed by atoms with Crippen molar-refractivity contribution >= 4 is 17.3 Å². The SMILES string of the molecule is CCNC(=NCc1ccc(C)cc1OCC1CCOC1)NCCc1csc(C(C)C)n1. The molecule has 0 radical (unpaired) electrons. The number of aromatic nitrogens is 1. The fourth-order valence-electron chi connectivity index (χ4n) is 3.37. The highest BCUT2D eigenvalue weighted by molar-refractivity contribution is 7.09. The Balaban J connectivity index is 1.57. The molecule has 1 aromatic carbocycles. The van der Waals surface area contributed by atoms with Crippen molar-refractivity contribution in [3.63, 3.8) is 0 Å². The number of thiazole rings is 1. The largest absolute Gasteiger partial charge is 0.493 e. The molecule has 0 saturated carbocycles. The second-order valence-electron chi connectivity index (χ2n) is 8.36. The Labute approximate surface area is 190 Å². The van der Waals surface area contributed by atoms with Crippen LogP contribution in [0.5, 0.6) is 5.75 Å². The number of nitrogens with zero attached hydrogens (tertiary/aromatic N) is 2. The van der Waals surface area contributed by atoms with Crippen molar-refractivity contribution in [3.05, 3.63) is 45.4 Å². The Morgan fingerprint density at radius 1 is 1.35 bits per heavy atom. The molecule has 2 heterocycles. The first kappa shape index (κ1) is 23.5. The third-order valence-electron chi connectivity index (χ3n) is 5.21. The Bertz CT molecular complexity index is 844. The third kappa shape index (κ3) is 7.51. The van der Waals surface area contributed by atoms with Crippen molar-refractivity contribution in [2.75, 3.05) is 32.9 Å². The van der Waals surface area contributed by atoms with Crippen molar-refractivity contribution in [1.29, 1.82) is 0 Å². The van der Waals surface area contributed by atoms with Crippen LogP contribution in [0.4, 0.5) is 0 Å². The van der Waals surface area contributed by atoms with E-state index >= 15 is 0 Å². The maximum atomic E-state index is 6.16. The molecule has 7 heteroatoms. The number of aliphatic imine (C=N–C) groups is 1. The van der Waals surface area contributed by atoms with Gasteiger partial charge in [-0.25, -0.2) is 9.98 Å². The summed E-state index contributed by atoms with van der Waals surface area (Å²) in [4.78, 5) is 9.50. The van der Waals surface area contributed by atoms with Gasteiger partial charge < -0.3 is 20.1 Å². The zero-order chi connectivity index (χ0) is 22.1. The van der Waals surface area contributed by atoms with Crippen LogP contribution in [-0.4, -0.2) is 43.9 Å². The van der Waals surface area contributed by atoms with Gasteiger partial charge in [-0.05, 0) is 31.9 Å². The highest BCUT2D eigenvalue weighted by atomic mass is 32.1. The van der Waals surface area contributed by atoms with Gasteiger partial charge in [0.15, 0.2) is 5.96 Å². The van der Waals surface area contributed by atoms with Crippen molar-refractivity contribution in [3.8, 4) is 5.75 Å². The molecule has 0 aliphatic carbocycles. The van der Waals surface area contributed by atoms with E-state index in [0.29, 0.717) is 25.0 Å². The van der Waals surface area contributed by atoms with Gasteiger partial charge in [0.2, 0.25) is 0 Å². The minimum absolute atomic E-state index is 0.484. The molecule has 1 aromatic heterocycles. The van der Waals surface area contributed by atoms with Gasteiger partial charge in [-0.1, -0.05) is 26.0 Å². The number of benzene rings is 1. The monoisotopic (exact) mass is 444 g/mol. The van der Waals surface area contributed by atoms with Gasteiger partial charge in [0.1, 0.15) is 5.75 Å². The number of aryl methyl sites for hydroxylation is 1. The average molecular weight is 445 g/mol. The number of rotatable bonds is 10. The zero-order valence-electron chi connectivity index (χ0n) is 19.2. The molecular weight excluding hydrogens is 408 g/mol. The molecule has 2 N–H and O–H groups in total. The lowest BCUT2D eigenvalue weighted by Gasteiger charge is -2.15. The van der Waals surface area contributed by atoms with Crippen LogP contribution in [0.3, 0.4) is 0 Å². The number of nitrogens with one attached hydrogen (secondary N) is 2. The molecule has 31 heavy (non-hydrogen) atoms. The zero-order valence-corrected chi connectivity index (χ0v) is 20.1. The molecule has 1 saturated heterocycles. The van der Waals surface area contributed by atoms with E-state index in [9.17, 15) is 0 Å². The smallest absolute Gasteiger partial charge is 0.191 e. The minimum atomic E-state index is 0.484. The molecule has 1 aliphatic rings. The molecule has 1 fully saturated rings. The van der Waals surface area contributed by atoms with E-state index in [1.165, 1.54) is 10.6 Å². The predicted molar refractivity (Wildman–Crippen MR) is 128 cm³/mol. The standard InChI is InChI=1S/C24H36N4O2S/c1-5-25-24(26-10-8-21-16-31-23(28-21)17(2)3)27-13-20-7-6-18(4)12-22(20)30-15-19-9-11-29-14-19/h6-7,12,16-17,19H,5,8-11,13-15H2,1-4H3,(H2,25,26,27). The van der Waals surface area contributed by atoms with Gasteiger partial charge in [-0.2, -0.15) is 0 Å². The fourth-order valence-corrected chi connectivity index (χ4v) is 4.24.